The summed E-state index contributed by atoms with van der Waals surface area (Å²) in [4.78, 5) is 59.0. The first-order valence-corrected chi connectivity index (χ1v) is 6.50. The molecule has 12 nitrogen and oxygen atoms in total. The molecular formula is C15H18Ce2O12. The third kappa shape index (κ3) is 31.7. The average molecular weight is 671 g/mol. The molecule has 0 bridgehead atoms. The Labute approximate surface area is 231 Å². The largest absolute Gasteiger partial charge is 0.481 e. The van der Waals surface area contributed by atoms with Crippen molar-refractivity contribution in [2.24, 2.45) is 0 Å². The van der Waals surface area contributed by atoms with E-state index in [0.29, 0.717) is 0 Å². The number of aliphatic carboxylic acids is 6. The average Bonchev–Trinajstić information content (AvgIpc) is 2.46. The van der Waals surface area contributed by atoms with E-state index in [0.717, 1.165) is 0 Å². The zero-order valence-corrected chi connectivity index (χ0v) is 21.2. The predicted octanol–water partition coefficient (Wildman–Crippen LogP) is 0.306. The SMILES string of the molecule is C=C(CC(=O)O)C(=O)O.C=C(CC(=O)O)C(=O)O.C=C(CC(=O)O)C(=O)O.[Ce].[Ce]. The Morgan fingerprint density at radius 3 is 0.621 bits per heavy atom. The van der Waals surface area contributed by atoms with Crippen LogP contribution in [0.1, 0.15) is 19.3 Å². The van der Waals surface area contributed by atoms with Gasteiger partial charge in [0.15, 0.2) is 0 Å². The number of carboxylic acid groups (broad SMARTS) is 6. The molecule has 0 heterocycles. The number of hydrogen-bond donors (Lipinski definition) is 6. The van der Waals surface area contributed by atoms with E-state index < -0.39 is 55.1 Å². The molecule has 0 aromatic heterocycles. The van der Waals surface area contributed by atoms with Gasteiger partial charge in [-0.3, -0.25) is 14.4 Å². The Morgan fingerprint density at radius 1 is 0.448 bits per heavy atom. The summed E-state index contributed by atoms with van der Waals surface area (Å²) in [6.07, 6.45) is -1.51. The van der Waals surface area contributed by atoms with E-state index in [2.05, 4.69) is 19.7 Å². The zero-order valence-electron chi connectivity index (χ0n) is 14.9. The maximum atomic E-state index is 9.87. The van der Waals surface area contributed by atoms with Crippen LogP contribution in [0, 0.1) is 83.5 Å². The van der Waals surface area contributed by atoms with Crippen molar-refractivity contribution in [2.45, 2.75) is 19.3 Å². The van der Waals surface area contributed by atoms with E-state index in [1.807, 2.05) is 0 Å². The van der Waals surface area contributed by atoms with Gasteiger partial charge in [-0.1, -0.05) is 19.7 Å². The minimum Gasteiger partial charge on any atom is -0.481 e. The summed E-state index contributed by atoms with van der Waals surface area (Å²) in [7, 11) is 0. The third-order valence-corrected chi connectivity index (χ3v) is 2.00. The van der Waals surface area contributed by atoms with Crippen LogP contribution in [0.2, 0.25) is 0 Å². The van der Waals surface area contributed by atoms with E-state index in [9.17, 15) is 28.8 Å². The quantitative estimate of drug-likeness (QED) is 0.182. The van der Waals surface area contributed by atoms with Crippen LogP contribution in [0.4, 0.5) is 0 Å². The molecule has 0 saturated heterocycles. The Morgan fingerprint density at radius 2 is 0.586 bits per heavy atom. The Hall–Kier alpha value is -1.21. The summed E-state index contributed by atoms with van der Waals surface area (Å²) in [5, 5.41) is 48.2. The van der Waals surface area contributed by atoms with Crippen LogP contribution < -0.4 is 0 Å². The van der Waals surface area contributed by atoms with Crippen molar-refractivity contribution >= 4 is 35.8 Å². The van der Waals surface area contributed by atoms with Gasteiger partial charge >= 0.3 is 35.8 Å². The van der Waals surface area contributed by atoms with Gasteiger partial charge in [0.05, 0.1) is 19.3 Å². The molecule has 0 amide bonds. The summed E-state index contributed by atoms with van der Waals surface area (Å²) < 4.78 is 0. The summed E-state index contributed by atoms with van der Waals surface area (Å²) in [6, 6.07) is 0. The molecule has 0 unspecified atom stereocenters. The molecule has 0 radical (unpaired) electrons. The Kier molecular flexibility index (Phi) is 28.5. The summed E-state index contributed by atoms with van der Waals surface area (Å²) >= 11 is 0. The monoisotopic (exact) mass is 670 g/mol. The maximum absolute atomic E-state index is 9.87. The molecule has 0 rings (SSSR count). The normalized spacial score (nSPS) is 7.86. The molecule has 14 heteroatoms. The van der Waals surface area contributed by atoms with Crippen molar-refractivity contribution in [1.29, 1.82) is 0 Å². The molecule has 29 heavy (non-hydrogen) atoms. The summed E-state index contributed by atoms with van der Waals surface area (Å²) in [5.41, 5.74) is -0.910. The number of carbonyl (C=O) groups is 6. The molecule has 0 atom stereocenters. The van der Waals surface area contributed by atoms with Crippen LogP contribution in [0.25, 0.3) is 0 Å². The van der Waals surface area contributed by atoms with Crippen molar-refractivity contribution in [1.82, 2.24) is 0 Å². The summed E-state index contributed by atoms with van der Waals surface area (Å²) in [6.45, 7) is 9.04. The second-order valence-electron chi connectivity index (χ2n) is 4.44. The van der Waals surface area contributed by atoms with Gasteiger partial charge in [-0.05, 0) is 0 Å². The number of hydrogen-bond acceptors (Lipinski definition) is 6. The van der Waals surface area contributed by atoms with Gasteiger partial charge in [-0.25, -0.2) is 14.4 Å². The smallest absolute Gasteiger partial charge is 0.331 e. The first kappa shape index (κ1) is 38.4. The van der Waals surface area contributed by atoms with Gasteiger partial charge in [0.25, 0.3) is 0 Å². The van der Waals surface area contributed by atoms with Crippen LogP contribution in [-0.2, 0) is 28.8 Å². The molecule has 0 aromatic carbocycles. The minimum atomic E-state index is -1.27. The molecule has 0 aliphatic rings. The Balaban J connectivity index is -0.0000000960. The predicted molar refractivity (Wildman–Crippen MR) is 87.1 cm³/mol. The molecule has 0 saturated carbocycles. The van der Waals surface area contributed by atoms with Crippen molar-refractivity contribution < 1.29 is 143 Å². The van der Waals surface area contributed by atoms with Gasteiger partial charge in [0.1, 0.15) is 0 Å². The van der Waals surface area contributed by atoms with Gasteiger partial charge in [-0.2, -0.15) is 0 Å². The van der Waals surface area contributed by atoms with Gasteiger partial charge in [-0.15, -0.1) is 0 Å². The topological polar surface area (TPSA) is 224 Å². The molecular weight excluding hydrogens is 652 g/mol. The van der Waals surface area contributed by atoms with Gasteiger partial charge < -0.3 is 30.6 Å². The van der Waals surface area contributed by atoms with E-state index >= 15 is 0 Å². The van der Waals surface area contributed by atoms with E-state index in [1.165, 1.54) is 0 Å². The van der Waals surface area contributed by atoms with Crippen molar-refractivity contribution in [3.63, 3.8) is 0 Å². The first-order chi connectivity index (χ1) is 12.1. The maximum Gasteiger partial charge on any atom is 0.331 e. The van der Waals surface area contributed by atoms with Crippen LogP contribution in [-0.4, -0.2) is 66.5 Å². The van der Waals surface area contributed by atoms with Crippen LogP contribution in [0.3, 0.4) is 0 Å². The summed E-state index contributed by atoms with van der Waals surface area (Å²) in [5.74, 6) is -7.33. The van der Waals surface area contributed by atoms with Crippen LogP contribution >= 0.6 is 0 Å². The molecule has 0 aliphatic heterocycles. The van der Waals surface area contributed by atoms with Gasteiger partial charge in [0, 0.05) is 100 Å². The fourth-order valence-electron chi connectivity index (χ4n) is 0.774. The van der Waals surface area contributed by atoms with Crippen molar-refractivity contribution in [3.05, 3.63) is 36.5 Å². The Bertz CT molecular complexity index is 576. The third-order valence-electron chi connectivity index (χ3n) is 2.00. The molecule has 0 fully saturated rings. The number of carboxylic acids is 6. The molecule has 0 aromatic rings. The minimum absolute atomic E-state index is 0. The fourth-order valence-corrected chi connectivity index (χ4v) is 0.774. The fraction of sp³-hybridized carbons (Fsp3) is 0.200. The second-order valence-corrected chi connectivity index (χ2v) is 4.44. The van der Waals surface area contributed by atoms with Crippen molar-refractivity contribution in [3.8, 4) is 0 Å². The van der Waals surface area contributed by atoms with Gasteiger partial charge in [0.2, 0.25) is 0 Å². The van der Waals surface area contributed by atoms with E-state index in [-0.39, 0.29) is 100 Å². The first-order valence-electron chi connectivity index (χ1n) is 6.50. The molecule has 0 spiro atoms. The van der Waals surface area contributed by atoms with E-state index in [4.69, 9.17) is 30.6 Å². The molecule has 0 aliphatic carbocycles. The standard InChI is InChI=1S/3C5H6O4.2Ce/c3*1-3(5(8)9)2-4(6)7;;/h3*1-2H2,(H,6,7)(H,8,9);;. The molecule has 158 valence electrons. The van der Waals surface area contributed by atoms with E-state index in [1.54, 1.807) is 0 Å². The van der Waals surface area contributed by atoms with Crippen LogP contribution in [0.15, 0.2) is 36.5 Å². The van der Waals surface area contributed by atoms with Crippen LogP contribution in [0.5, 0.6) is 0 Å². The van der Waals surface area contributed by atoms with Crippen molar-refractivity contribution in [2.75, 3.05) is 0 Å². The number of rotatable bonds is 9. The zero-order chi connectivity index (χ0) is 22.3. The second kappa shape index (κ2) is 21.5. The molecule has 6 N–H and O–H groups in total.